The van der Waals surface area contributed by atoms with Crippen LogP contribution in [0.25, 0.3) is 0 Å². The maximum Gasteiger partial charge on any atom is 0.198 e. The highest BCUT2D eigenvalue weighted by Gasteiger charge is 2.28. The Hall–Kier alpha value is -2.75. The van der Waals surface area contributed by atoms with Crippen LogP contribution in [0.15, 0.2) is 48.3 Å². The summed E-state index contributed by atoms with van der Waals surface area (Å²) in [7, 11) is 1.96. The van der Waals surface area contributed by atoms with Gasteiger partial charge in [-0.15, -0.1) is 0 Å². The molecule has 2 aromatic carbocycles. The van der Waals surface area contributed by atoms with Crippen molar-refractivity contribution in [1.29, 1.82) is 0 Å². The van der Waals surface area contributed by atoms with Crippen LogP contribution >= 0.6 is 0 Å². The van der Waals surface area contributed by atoms with E-state index in [0.717, 1.165) is 30.6 Å². The normalized spacial score (nSPS) is 17.8. The van der Waals surface area contributed by atoms with Gasteiger partial charge in [0.2, 0.25) is 0 Å². The zero-order chi connectivity index (χ0) is 21.7. The van der Waals surface area contributed by atoms with Crippen LogP contribution in [0.3, 0.4) is 0 Å². The lowest BCUT2D eigenvalue weighted by atomic mass is 10.2. The number of nitrogens with zero attached hydrogens (tertiary/aromatic N) is 2. The molecule has 1 saturated heterocycles. The number of rotatable bonds is 8. The first-order chi connectivity index (χ1) is 14.4. The zero-order valence-corrected chi connectivity index (χ0v) is 16.8. The molecule has 1 heterocycles. The molecular weight excluding hydrogens is 399 g/mol. The van der Waals surface area contributed by atoms with Crippen LogP contribution < -0.4 is 10.5 Å². The van der Waals surface area contributed by atoms with Gasteiger partial charge in [-0.3, -0.25) is 0 Å². The fraction of sp³-hybridized carbons (Fsp3) is 0.333. The van der Waals surface area contributed by atoms with Gasteiger partial charge in [-0.25, -0.2) is 22.9 Å². The number of hydrogen-bond acceptors (Lipinski definition) is 6. The van der Waals surface area contributed by atoms with Gasteiger partial charge in [0.15, 0.2) is 24.1 Å². The lowest BCUT2D eigenvalue weighted by Gasteiger charge is -2.22. The second-order valence-corrected chi connectivity index (χ2v) is 6.94. The smallest absolute Gasteiger partial charge is 0.198 e. The minimum Gasteiger partial charge on any atom is -0.451 e. The molecule has 9 heteroatoms. The second kappa shape index (κ2) is 9.84. The first kappa shape index (κ1) is 21.9. The molecule has 1 fully saturated rings. The molecule has 0 radical (unpaired) electrons. The second-order valence-electron chi connectivity index (χ2n) is 6.94. The Bertz CT molecular complexity index is 887. The molecule has 0 bridgehead atoms. The maximum absolute atomic E-state index is 14.3. The van der Waals surface area contributed by atoms with E-state index in [0.29, 0.717) is 12.6 Å². The summed E-state index contributed by atoms with van der Waals surface area (Å²) in [4.78, 5) is 14.4. The van der Waals surface area contributed by atoms with E-state index < -0.39 is 23.2 Å². The van der Waals surface area contributed by atoms with Gasteiger partial charge in [-0.05, 0) is 42.8 Å². The third-order valence-corrected chi connectivity index (χ3v) is 4.72. The van der Waals surface area contributed by atoms with Crippen molar-refractivity contribution in [2.24, 2.45) is 5.73 Å². The van der Waals surface area contributed by atoms with Crippen molar-refractivity contribution in [3.63, 3.8) is 0 Å². The van der Waals surface area contributed by atoms with Crippen molar-refractivity contribution in [2.45, 2.75) is 19.6 Å². The van der Waals surface area contributed by atoms with Gasteiger partial charge in [-0.1, -0.05) is 6.07 Å². The number of halogens is 3. The van der Waals surface area contributed by atoms with Crippen molar-refractivity contribution < 1.29 is 27.7 Å². The van der Waals surface area contributed by atoms with Crippen molar-refractivity contribution in [3.05, 3.63) is 71.3 Å². The van der Waals surface area contributed by atoms with Crippen LogP contribution in [0.2, 0.25) is 0 Å². The van der Waals surface area contributed by atoms with Gasteiger partial charge in [-0.2, -0.15) is 0 Å². The Morgan fingerprint density at radius 1 is 1.13 bits per heavy atom. The largest absolute Gasteiger partial charge is 0.451 e. The molecule has 1 atom stereocenters. The lowest BCUT2D eigenvalue weighted by Crippen LogP contribution is -2.25. The molecule has 3 rings (SSSR count). The average Bonchev–Trinajstić information content (AvgIpc) is 2.96. The first-order valence-corrected chi connectivity index (χ1v) is 9.42. The summed E-state index contributed by atoms with van der Waals surface area (Å²) in [6, 6.07) is 7.46. The molecule has 0 aliphatic carbocycles. The van der Waals surface area contributed by atoms with E-state index in [1.165, 1.54) is 18.2 Å². The van der Waals surface area contributed by atoms with Crippen LogP contribution in [-0.4, -0.2) is 42.7 Å². The van der Waals surface area contributed by atoms with Gasteiger partial charge in [0.05, 0.1) is 0 Å². The fourth-order valence-corrected chi connectivity index (χ4v) is 3.13. The summed E-state index contributed by atoms with van der Waals surface area (Å²) in [6.07, 6.45) is 1.88. The molecule has 2 N–H and O–H groups in total. The van der Waals surface area contributed by atoms with E-state index >= 15 is 0 Å². The first-order valence-electron chi connectivity index (χ1n) is 9.42. The van der Waals surface area contributed by atoms with Gasteiger partial charge >= 0.3 is 0 Å². The molecule has 0 amide bonds. The average molecular weight is 423 g/mol. The van der Waals surface area contributed by atoms with Crippen molar-refractivity contribution >= 4 is 0 Å². The minimum atomic E-state index is -0.930. The predicted octanol–water partition coefficient (Wildman–Crippen LogP) is 3.74. The Kier molecular flexibility index (Phi) is 7.20. The van der Waals surface area contributed by atoms with Crippen LogP contribution in [0, 0.1) is 17.5 Å². The van der Waals surface area contributed by atoms with Gasteiger partial charge < -0.3 is 20.3 Å². The Labute approximate surface area is 173 Å². The molecule has 1 aliphatic rings. The Morgan fingerprint density at radius 2 is 1.87 bits per heavy atom. The van der Waals surface area contributed by atoms with E-state index in [-0.39, 0.29) is 24.7 Å². The highest BCUT2D eigenvalue weighted by molar-refractivity contribution is 5.36. The third-order valence-electron chi connectivity index (χ3n) is 4.72. The van der Waals surface area contributed by atoms with Crippen molar-refractivity contribution in [1.82, 2.24) is 9.80 Å². The van der Waals surface area contributed by atoms with Crippen LogP contribution in [0.4, 0.5) is 13.2 Å². The summed E-state index contributed by atoms with van der Waals surface area (Å²) in [5.41, 5.74) is 5.83. The summed E-state index contributed by atoms with van der Waals surface area (Å²) >= 11 is 0. The molecule has 0 spiro atoms. The van der Waals surface area contributed by atoms with E-state index in [2.05, 4.69) is 11.8 Å². The number of likely N-dealkylation sites (N-methyl/N-ethyl adjacent to an activating group) is 1. The van der Waals surface area contributed by atoms with Crippen LogP contribution in [0.5, 0.6) is 11.5 Å². The Balaban J connectivity index is 1.56. The molecular formula is C21H24F3N3O3. The predicted molar refractivity (Wildman–Crippen MR) is 105 cm³/mol. The SMILES string of the molecule is C[C@H]1CN(COOCc2cc(F)c(Oc3cccc(F)c3)c(F)c2)/C(=C\CN)N1C. The summed E-state index contributed by atoms with van der Waals surface area (Å²) < 4.78 is 46.9. The fourth-order valence-electron chi connectivity index (χ4n) is 3.13. The molecule has 162 valence electrons. The molecule has 2 aromatic rings. The number of nitrogens with two attached hydrogens (primary N) is 1. The van der Waals surface area contributed by atoms with Gasteiger partial charge in [0.1, 0.15) is 24.0 Å². The van der Waals surface area contributed by atoms with Crippen LogP contribution in [-0.2, 0) is 16.4 Å². The quantitative estimate of drug-likeness (QED) is 0.397. The summed E-state index contributed by atoms with van der Waals surface area (Å²) in [6.45, 7) is 3.19. The zero-order valence-electron chi connectivity index (χ0n) is 16.8. The van der Waals surface area contributed by atoms with E-state index in [4.69, 9.17) is 20.2 Å². The molecule has 30 heavy (non-hydrogen) atoms. The Morgan fingerprint density at radius 3 is 2.53 bits per heavy atom. The molecule has 1 aliphatic heterocycles. The van der Waals surface area contributed by atoms with E-state index in [1.54, 1.807) is 0 Å². The number of benzene rings is 2. The van der Waals surface area contributed by atoms with Crippen LogP contribution in [0.1, 0.15) is 12.5 Å². The summed E-state index contributed by atoms with van der Waals surface area (Å²) in [5, 5.41) is 0. The highest BCUT2D eigenvalue weighted by atomic mass is 19.1. The van der Waals surface area contributed by atoms with Gasteiger partial charge in [0, 0.05) is 32.2 Å². The summed E-state index contributed by atoms with van der Waals surface area (Å²) in [5.74, 6) is -2.12. The molecule has 6 nitrogen and oxygen atoms in total. The lowest BCUT2D eigenvalue weighted by molar-refractivity contribution is -0.320. The van der Waals surface area contributed by atoms with E-state index in [9.17, 15) is 13.2 Å². The third kappa shape index (κ3) is 5.24. The van der Waals surface area contributed by atoms with E-state index in [1.807, 2.05) is 18.0 Å². The molecule has 0 saturated carbocycles. The topological polar surface area (TPSA) is 60.2 Å². The highest BCUT2D eigenvalue weighted by Crippen LogP contribution is 2.29. The monoisotopic (exact) mass is 423 g/mol. The number of ether oxygens (including phenoxy) is 1. The van der Waals surface area contributed by atoms with Gasteiger partial charge in [0.25, 0.3) is 0 Å². The molecule has 0 unspecified atom stereocenters. The minimum absolute atomic E-state index is 0.00807. The number of hydrogen-bond donors (Lipinski definition) is 1. The standard InChI is InChI=1S/C21H24F3N3O3/c1-14-11-27(20(6-7-25)26(14)2)13-29-28-12-15-8-18(23)21(19(24)9-15)30-17-5-3-4-16(22)10-17/h3-6,8-10,14H,7,11-13,25H2,1-2H3/b20-6-/t14-/m0/s1. The van der Waals surface area contributed by atoms with Crippen molar-refractivity contribution in [2.75, 3.05) is 26.9 Å². The molecule has 0 aromatic heterocycles. The van der Waals surface area contributed by atoms with Crippen molar-refractivity contribution in [3.8, 4) is 11.5 Å². The maximum atomic E-state index is 14.3.